The van der Waals surface area contributed by atoms with Gasteiger partial charge in [0.15, 0.2) is 16.5 Å². The molecule has 1 spiro atoms. The van der Waals surface area contributed by atoms with Gasteiger partial charge in [0.1, 0.15) is 23.9 Å². The number of fused-ring (bicyclic) bond motifs is 6. The van der Waals surface area contributed by atoms with Crippen LogP contribution < -0.4 is 20.4 Å². The number of halogens is 7. The van der Waals surface area contributed by atoms with E-state index in [0.29, 0.717) is 69.1 Å². The molecule has 2 amide bonds. The second-order valence-corrected chi connectivity index (χ2v) is 17.7. The smallest absolute Gasteiger partial charge is 0.368 e. The Morgan fingerprint density at radius 2 is 1.66 bits per heavy atom. The first-order chi connectivity index (χ1) is 29.6. The number of alkyl halides is 5. The van der Waals surface area contributed by atoms with Gasteiger partial charge in [0, 0.05) is 72.9 Å². The van der Waals surface area contributed by atoms with Gasteiger partial charge in [-0.2, -0.15) is 32.0 Å². The summed E-state index contributed by atoms with van der Waals surface area (Å²) in [5.41, 5.74) is 0.500. The molecule has 2 aromatic carbocycles. The van der Waals surface area contributed by atoms with Gasteiger partial charge in [0.2, 0.25) is 5.91 Å². The second-order valence-electron chi connectivity index (χ2n) is 16.7. The molecule has 11 rings (SSSR count). The van der Waals surface area contributed by atoms with Gasteiger partial charge in [-0.1, -0.05) is 23.5 Å². The van der Waals surface area contributed by atoms with E-state index in [2.05, 4.69) is 30.5 Å². The van der Waals surface area contributed by atoms with Crippen molar-refractivity contribution in [3.8, 4) is 11.1 Å². The Bertz CT molecular complexity index is 2820. The van der Waals surface area contributed by atoms with Gasteiger partial charge in [-0.25, -0.2) is 13.8 Å². The van der Waals surface area contributed by atoms with Crippen molar-refractivity contribution in [3.63, 3.8) is 0 Å². The molecule has 0 unspecified atom stereocenters. The lowest BCUT2D eigenvalue weighted by Gasteiger charge is -2.35. The number of aromatic nitrogens is 5. The Morgan fingerprint density at radius 3 is 2.37 bits per heavy atom. The highest BCUT2D eigenvalue weighted by molar-refractivity contribution is 7.22. The van der Waals surface area contributed by atoms with Crippen molar-refractivity contribution < 1.29 is 40.3 Å². The highest BCUT2D eigenvalue weighted by Crippen LogP contribution is 2.68. The first-order valence-corrected chi connectivity index (χ1v) is 21.0. The number of amides is 2. The molecular formula is C43H34F7N9O2S. The van der Waals surface area contributed by atoms with Crippen molar-refractivity contribution in [2.75, 3.05) is 36.0 Å². The van der Waals surface area contributed by atoms with Gasteiger partial charge < -0.3 is 20.4 Å². The maximum Gasteiger partial charge on any atom is 0.435 e. The molecule has 2 saturated carbocycles. The normalized spacial score (nSPS) is 20.9. The molecule has 3 fully saturated rings. The zero-order valence-corrected chi connectivity index (χ0v) is 33.3. The van der Waals surface area contributed by atoms with Crippen LogP contribution in [0.4, 0.5) is 41.6 Å². The lowest BCUT2D eigenvalue weighted by Crippen LogP contribution is -2.46. The van der Waals surface area contributed by atoms with E-state index in [4.69, 9.17) is 9.97 Å². The summed E-state index contributed by atoms with van der Waals surface area (Å²) in [6.45, 7) is 1.69. The minimum Gasteiger partial charge on any atom is -0.368 e. The summed E-state index contributed by atoms with van der Waals surface area (Å²) in [5, 5.41) is 10.0. The Hall–Kier alpha value is -6.11. The molecular weight excluding hydrogens is 840 g/mol. The number of hydrogen-bond acceptors (Lipinski definition) is 9. The highest BCUT2D eigenvalue weighted by Gasteiger charge is 2.68. The van der Waals surface area contributed by atoms with Crippen molar-refractivity contribution in [1.82, 2.24) is 35.4 Å². The second kappa shape index (κ2) is 13.7. The van der Waals surface area contributed by atoms with Crippen molar-refractivity contribution in [1.29, 1.82) is 0 Å². The highest BCUT2D eigenvalue weighted by atomic mass is 32.1. The summed E-state index contributed by atoms with van der Waals surface area (Å²) in [6.07, 6.45) is -0.374. The van der Waals surface area contributed by atoms with Crippen LogP contribution in [-0.2, 0) is 35.4 Å². The van der Waals surface area contributed by atoms with Crippen LogP contribution in [0.15, 0.2) is 67.0 Å². The number of pyridine rings is 2. The van der Waals surface area contributed by atoms with Crippen LogP contribution in [0.2, 0.25) is 0 Å². The maximum absolute atomic E-state index is 15.5. The van der Waals surface area contributed by atoms with Crippen LogP contribution >= 0.6 is 11.3 Å². The number of benzene rings is 2. The number of carbonyl (C=O) groups excluding carboxylic acids is 2. The number of hydrogen-bond donors (Lipinski definition) is 2. The number of piperazine rings is 1. The third-order valence-corrected chi connectivity index (χ3v) is 13.7. The molecule has 11 nitrogen and oxygen atoms in total. The van der Waals surface area contributed by atoms with E-state index < -0.39 is 76.6 Å². The van der Waals surface area contributed by atoms with Crippen LogP contribution in [0.1, 0.15) is 75.4 Å². The van der Waals surface area contributed by atoms with Crippen molar-refractivity contribution >= 4 is 44.3 Å². The lowest BCUT2D eigenvalue weighted by molar-refractivity contribution is -0.142. The molecule has 19 heteroatoms. The minimum absolute atomic E-state index is 0.0987. The quantitative estimate of drug-likeness (QED) is 0.143. The summed E-state index contributed by atoms with van der Waals surface area (Å²) in [6, 6.07) is 12.7. The number of anilines is 2. The summed E-state index contributed by atoms with van der Waals surface area (Å²) in [5.74, 6) is -8.99. The Kier molecular flexibility index (Phi) is 8.57. The van der Waals surface area contributed by atoms with Crippen LogP contribution in [0, 0.1) is 17.6 Å². The number of nitrogens with zero attached hydrogens (tertiary/aromatic N) is 7. The van der Waals surface area contributed by atoms with E-state index in [1.165, 1.54) is 11.3 Å². The predicted octanol–water partition coefficient (Wildman–Crippen LogP) is 7.62. The fourth-order valence-electron chi connectivity index (χ4n) is 9.55. The minimum atomic E-state index is -5.04. The molecule has 318 valence electrons. The van der Waals surface area contributed by atoms with E-state index in [1.54, 1.807) is 18.5 Å². The fourth-order valence-corrected chi connectivity index (χ4v) is 10.5. The van der Waals surface area contributed by atoms with E-state index >= 15 is 8.78 Å². The lowest BCUT2D eigenvalue weighted by atomic mass is 9.92. The van der Waals surface area contributed by atoms with Crippen LogP contribution in [0.25, 0.3) is 21.5 Å². The molecule has 6 heterocycles. The third kappa shape index (κ3) is 6.45. The summed E-state index contributed by atoms with van der Waals surface area (Å²) in [7, 11) is 0. The first kappa shape index (κ1) is 38.8. The van der Waals surface area contributed by atoms with Crippen molar-refractivity contribution in [2.24, 2.45) is 5.92 Å². The van der Waals surface area contributed by atoms with Gasteiger partial charge >= 0.3 is 6.18 Å². The maximum atomic E-state index is 15.5. The molecule has 5 aliphatic rings. The zero-order chi connectivity index (χ0) is 42.9. The van der Waals surface area contributed by atoms with Crippen LogP contribution in [0.5, 0.6) is 0 Å². The van der Waals surface area contributed by atoms with Gasteiger partial charge in [0.25, 0.3) is 11.8 Å². The number of thiazole rings is 1. The average Bonchev–Trinajstić information content (AvgIpc) is 4.07. The molecule has 2 N–H and O–H groups in total. The Morgan fingerprint density at radius 1 is 0.935 bits per heavy atom. The molecule has 6 aromatic rings. The molecule has 2 aliphatic heterocycles. The van der Waals surface area contributed by atoms with Crippen LogP contribution in [-0.4, -0.2) is 62.7 Å². The number of rotatable bonds is 9. The Labute approximate surface area is 352 Å². The molecule has 0 bridgehead atoms. The summed E-state index contributed by atoms with van der Waals surface area (Å²) >= 11 is 1.39. The van der Waals surface area contributed by atoms with E-state index in [0.717, 1.165) is 36.2 Å². The molecule has 1 saturated heterocycles. The van der Waals surface area contributed by atoms with Gasteiger partial charge in [0.05, 0.1) is 22.0 Å². The average molecular weight is 874 g/mol. The number of nitrogens with one attached hydrogen (secondary N) is 2. The van der Waals surface area contributed by atoms with Crippen molar-refractivity contribution in [3.05, 3.63) is 118 Å². The van der Waals surface area contributed by atoms with Crippen LogP contribution in [0.3, 0.4) is 0 Å². The van der Waals surface area contributed by atoms with Crippen molar-refractivity contribution in [2.45, 2.75) is 61.8 Å². The van der Waals surface area contributed by atoms with E-state index in [1.807, 2.05) is 30.3 Å². The summed E-state index contributed by atoms with van der Waals surface area (Å²) < 4.78 is 104. The zero-order valence-electron chi connectivity index (χ0n) is 32.4. The van der Waals surface area contributed by atoms with E-state index in [9.17, 15) is 31.5 Å². The predicted molar refractivity (Wildman–Crippen MR) is 213 cm³/mol. The summed E-state index contributed by atoms with van der Waals surface area (Å²) in [4.78, 5) is 45.7. The molecule has 3 aliphatic carbocycles. The van der Waals surface area contributed by atoms with Gasteiger partial charge in [-0.15, -0.1) is 0 Å². The topological polar surface area (TPSA) is 121 Å². The molecule has 0 radical (unpaired) electrons. The molecule has 3 atom stereocenters. The number of carbonyl (C=O) groups is 2. The first-order valence-electron chi connectivity index (χ1n) is 20.1. The third-order valence-electron chi connectivity index (χ3n) is 12.7. The van der Waals surface area contributed by atoms with E-state index in [-0.39, 0.29) is 30.0 Å². The Balaban J connectivity index is 0.994. The standard InChI is InChI=1S/C43H34F7N9O2S/c44-23-13-21(14-24(45)17-23)15-31(52-33(60)20-59-37-34(36(56-59)43(48,49)50)27-18-30(27)42(37,46)47)35-26(22-1-2-29-28(16-22)39(61)55-41(29)5-6-41)19-32-38(53-35)54-40(62-32)58-11-9-57(10-12-58)25-3-7-51-8-4-25/h1-4,7-8,13-14,16-17,19,27,30-31H,5-6,9-12,15,18,20H2,(H,52,60)(H,55,61)/t27-,30+,31-/m0/s1. The van der Waals surface area contributed by atoms with Gasteiger partial charge in [-0.3, -0.25) is 19.3 Å². The monoisotopic (exact) mass is 873 g/mol. The molecule has 62 heavy (non-hydrogen) atoms. The SMILES string of the molecule is O=C(Cn1nc(C(F)(F)F)c2c1C(F)(F)[C@@H]1C[C@H]21)N[C@@H](Cc1cc(F)cc(F)c1)c1nc2nc(N3CCN(c4ccncc4)CC3)sc2cc1-c1ccc2c(c1)C(=O)NC21CC1. The fraction of sp³-hybridized carbons (Fsp3) is 0.349. The largest absolute Gasteiger partial charge is 0.435 e. The van der Waals surface area contributed by atoms with Gasteiger partial charge in [-0.05, 0) is 84.7 Å². The molecule has 4 aromatic heterocycles.